The highest BCUT2D eigenvalue weighted by Crippen LogP contribution is 2.40. The average Bonchev–Trinajstić information content (AvgIpc) is 3.34. The Morgan fingerprint density at radius 1 is 1.00 bits per heavy atom. The molecule has 5 rings (SSSR count). The summed E-state index contributed by atoms with van der Waals surface area (Å²) in [5.41, 5.74) is 7.66. The second kappa shape index (κ2) is 10.1. The molecular weight excluding hydrogens is 467 g/mol. The van der Waals surface area contributed by atoms with Crippen molar-refractivity contribution in [3.05, 3.63) is 89.4 Å². The van der Waals surface area contributed by atoms with E-state index in [1.807, 2.05) is 18.7 Å². The lowest BCUT2D eigenvalue weighted by atomic mass is 9.96. The van der Waals surface area contributed by atoms with Crippen molar-refractivity contribution in [2.75, 3.05) is 38.2 Å². The van der Waals surface area contributed by atoms with Crippen LogP contribution >= 0.6 is 0 Å². The van der Waals surface area contributed by atoms with Crippen LogP contribution in [0.2, 0.25) is 0 Å². The number of halogens is 1. The van der Waals surface area contributed by atoms with Crippen molar-refractivity contribution in [2.24, 2.45) is 0 Å². The number of carbonyl (C=O) groups is 1. The Hall–Kier alpha value is -4.06. The Morgan fingerprint density at radius 2 is 1.68 bits per heavy atom. The molecular formula is C31H31FN2O3. The molecule has 0 unspecified atom stereocenters. The number of furan rings is 1. The Bertz CT molecular complexity index is 1460. The predicted octanol–water partition coefficient (Wildman–Crippen LogP) is 6.62. The van der Waals surface area contributed by atoms with Gasteiger partial charge in [-0.15, -0.1) is 0 Å². The van der Waals surface area contributed by atoms with E-state index in [0.717, 1.165) is 44.5 Å². The van der Waals surface area contributed by atoms with E-state index in [4.69, 9.17) is 9.15 Å². The molecule has 4 aromatic rings. The Labute approximate surface area is 216 Å². The molecule has 1 fully saturated rings. The van der Waals surface area contributed by atoms with Crippen LogP contribution in [0.15, 0.2) is 71.4 Å². The van der Waals surface area contributed by atoms with Gasteiger partial charge in [0, 0.05) is 60.0 Å². The van der Waals surface area contributed by atoms with Crippen LogP contribution in [0.1, 0.15) is 23.6 Å². The standard InChI is InChI=1S/C31H31FN2O3/c1-20-5-7-23(8-6-20)28-19-37-31-22(3)30(36-4)26(18-27(28)31)21(2)17-29(35)34-15-13-33(14-16-34)25-11-9-24(32)10-12-25/h5-12,17-19H,13-16H2,1-4H3/b21-17+. The van der Waals surface area contributed by atoms with Gasteiger partial charge in [-0.1, -0.05) is 29.8 Å². The van der Waals surface area contributed by atoms with Crippen molar-refractivity contribution >= 4 is 28.1 Å². The van der Waals surface area contributed by atoms with Crippen molar-refractivity contribution in [1.29, 1.82) is 0 Å². The van der Waals surface area contributed by atoms with Gasteiger partial charge in [-0.2, -0.15) is 0 Å². The second-order valence-corrected chi connectivity index (χ2v) is 9.59. The van der Waals surface area contributed by atoms with Gasteiger partial charge in [0.2, 0.25) is 5.91 Å². The minimum atomic E-state index is -0.247. The van der Waals surface area contributed by atoms with E-state index in [-0.39, 0.29) is 11.7 Å². The smallest absolute Gasteiger partial charge is 0.246 e. The van der Waals surface area contributed by atoms with Gasteiger partial charge in [-0.3, -0.25) is 4.79 Å². The number of nitrogens with zero attached hydrogens (tertiary/aromatic N) is 2. The number of allylic oxidation sites excluding steroid dienone is 1. The third-order valence-corrected chi connectivity index (χ3v) is 7.16. The van der Waals surface area contributed by atoms with Gasteiger partial charge in [0.1, 0.15) is 17.1 Å². The monoisotopic (exact) mass is 498 g/mol. The fourth-order valence-electron chi connectivity index (χ4n) is 5.02. The molecule has 1 saturated heterocycles. The maximum Gasteiger partial charge on any atom is 0.246 e. The molecule has 6 heteroatoms. The number of hydrogen-bond acceptors (Lipinski definition) is 4. The first-order valence-electron chi connectivity index (χ1n) is 12.5. The van der Waals surface area contributed by atoms with Crippen LogP contribution in [-0.2, 0) is 4.79 Å². The summed E-state index contributed by atoms with van der Waals surface area (Å²) in [6, 6.07) is 16.9. The van der Waals surface area contributed by atoms with E-state index in [1.165, 1.54) is 17.7 Å². The Kier molecular flexibility index (Phi) is 6.74. The number of carbonyl (C=O) groups excluding carboxylic acids is 1. The van der Waals surface area contributed by atoms with Crippen molar-refractivity contribution in [3.8, 4) is 16.9 Å². The zero-order valence-electron chi connectivity index (χ0n) is 21.7. The lowest BCUT2D eigenvalue weighted by Crippen LogP contribution is -2.48. The molecule has 1 amide bonds. The summed E-state index contributed by atoms with van der Waals surface area (Å²) >= 11 is 0. The van der Waals surface area contributed by atoms with Gasteiger partial charge in [0.25, 0.3) is 0 Å². The number of benzene rings is 3. The van der Waals surface area contributed by atoms with Crippen LogP contribution < -0.4 is 9.64 Å². The predicted molar refractivity (Wildman–Crippen MR) is 147 cm³/mol. The summed E-state index contributed by atoms with van der Waals surface area (Å²) in [6.45, 7) is 8.61. The third kappa shape index (κ3) is 4.84. The molecule has 2 heterocycles. The fraction of sp³-hybridized carbons (Fsp3) is 0.258. The Balaban J connectivity index is 1.40. The minimum absolute atomic E-state index is 0.0259. The zero-order chi connectivity index (χ0) is 26.1. The molecule has 0 radical (unpaired) electrons. The van der Waals surface area contributed by atoms with Crippen molar-refractivity contribution < 1.29 is 18.3 Å². The molecule has 0 atom stereocenters. The number of hydrogen-bond donors (Lipinski definition) is 0. The highest BCUT2D eigenvalue weighted by atomic mass is 19.1. The normalized spacial score (nSPS) is 14.4. The molecule has 190 valence electrons. The summed E-state index contributed by atoms with van der Waals surface area (Å²) in [5.74, 6) is 0.436. The van der Waals surface area contributed by atoms with E-state index in [0.29, 0.717) is 31.9 Å². The largest absolute Gasteiger partial charge is 0.496 e. The molecule has 1 aromatic heterocycles. The van der Waals surface area contributed by atoms with Crippen LogP contribution in [0, 0.1) is 19.7 Å². The number of aryl methyl sites for hydroxylation is 2. The molecule has 1 aliphatic rings. The maximum atomic E-state index is 13.3. The second-order valence-electron chi connectivity index (χ2n) is 9.59. The molecule has 0 spiro atoms. The van der Waals surface area contributed by atoms with Gasteiger partial charge in [0.15, 0.2) is 0 Å². The summed E-state index contributed by atoms with van der Waals surface area (Å²) in [5, 5.41) is 0.991. The van der Waals surface area contributed by atoms with Gasteiger partial charge in [0.05, 0.1) is 13.4 Å². The number of fused-ring (bicyclic) bond motifs is 1. The highest BCUT2D eigenvalue weighted by Gasteiger charge is 2.22. The Morgan fingerprint density at radius 3 is 2.32 bits per heavy atom. The lowest BCUT2D eigenvalue weighted by molar-refractivity contribution is -0.126. The highest BCUT2D eigenvalue weighted by molar-refractivity contribution is 6.01. The quantitative estimate of drug-likeness (QED) is 0.290. The van der Waals surface area contributed by atoms with Gasteiger partial charge in [-0.05, 0) is 62.2 Å². The number of methoxy groups -OCH3 is 1. The molecule has 3 aromatic carbocycles. The molecule has 5 nitrogen and oxygen atoms in total. The van der Waals surface area contributed by atoms with E-state index >= 15 is 0 Å². The molecule has 0 aliphatic carbocycles. The summed E-state index contributed by atoms with van der Waals surface area (Å²) in [4.78, 5) is 17.2. The summed E-state index contributed by atoms with van der Waals surface area (Å²) < 4.78 is 25.0. The SMILES string of the molecule is COc1c(/C(C)=C/C(=O)N2CCN(c3ccc(F)cc3)CC2)cc2c(-c3ccc(C)cc3)coc2c1C. The van der Waals surface area contributed by atoms with E-state index in [9.17, 15) is 9.18 Å². The lowest BCUT2D eigenvalue weighted by Gasteiger charge is -2.35. The van der Waals surface area contributed by atoms with E-state index < -0.39 is 0 Å². The van der Waals surface area contributed by atoms with Crippen molar-refractivity contribution in [2.45, 2.75) is 20.8 Å². The topological polar surface area (TPSA) is 45.9 Å². The molecule has 0 bridgehead atoms. The minimum Gasteiger partial charge on any atom is -0.496 e. The summed E-state index contributed by atoms with van der Waals surface area (Å²) in [7, 11) is 1.64. The van der Waals surface area contributed by atoms with Gasteiger partial charge >= 0.3 is 0 Å². The van der Waals surface area contributed by atoms with Crippen molar-refractivity contribution in [1.82, 2.24) is 4.90 Å². The van der Waals surface area contributed by atoms with Crippen LogP contribution in [0.25, 0.3) is 27.7 Å². The first kappa shape index (κ1) is 24.6. The molecule has 37 heavy (non-hydrogen) atoms. The van der Waals surface area contributed by atoms with Crippen molar-refractivity contribution in [3.63, 3.8) is 0 Å². The van der Waals surface area contributed by atoms with E-state index in [2.05, 4.69) is 42.2 Å². The third-order valence-electron chi connectivity index (χ3n) is 7.16. The molecule has 1 aliphatic heterocycles. The zero-order valence-corrected chi connectivity index (χ0v) is 21.7. The first-order valence-corrected chi connectivity index (χ1v) is 12.5. The number of piperazine rings is 1. The van der Waals surface area contributed by atoms with Crippen LogP contribution in [-0.4, -0.2) is 44.1 Å². The number of amides is 1. The molecule has 0 saturated carbocycles. The summed E-state index contributed by atoms with van der Waals surface area (Å²) in [6.07, 6.45) is 3.48. The number of anilines is 1. The average molecular weight is 499 g/mol. The fourth-order valence-corrected chi connectivity index (χ4v) is 5.02. The number of rotatable bonds is 5. The van der Waals surface area contributed by atoms with Crippen LogP contribution in [0.5, 0.6) is 5.75 Å². The first-order chi connectivity index (χ1) is 17.9. The van der Waals surface area contributed by atoms with Crippen LogP contribution in [0.4, 0.5) is 10.1 Å². The van der Waals surface area contributed by atoms with Gasteiger partial charge in [-0.25, -0.2) is 4.39 Å². The van der Waals surface area contributed by atoms with Gasteiger partial charge < -0.3 is 19.0 Å². The number of ether oxygens (including phenoxy) is 1. The maximum absolute atomic E-state index is 13.3. The van der Waals surface area contributed by atoms with Crippen LogP contribution in [0.3, 0.4) is 0 Å². The van der Waals surface area contributed by atoms with E-state index in [1.54, 1.807) is 31.6 Å². The molecule has 0 N–H and O–H groups in total.